The molecule has 1 aliphatic carbocycles. The highest BCUT2D eigenvalue weighted by molar-refractivity contribution is 5.84. The van der Waals surface area contributed by atoms with Gasteiger partial charge in [0.1, 0.15) is 5.75 Å². The van der Waals surface area contributed by atoms with Gasteiger partial charge in [-0.25, -0.2) is 0 Å². The Bertz CT molecular complexity index is 651. The summed E-state index contributed by atoms with van der Waals surface area (Å²) in [7, 11) is 1.75. The minimum absolute atomic E-state index is 0.955. The molecule has 0 radical (unpaired) electrons. The Balaban J connectivity index is 0.000000847. The summed E-state index contributed by atoms with van der Waals surface area (Å²) in [5, 5.41) is 0. The van der Waals surface area contributed by atoms with E-state index in [-0.39, 0.29) is 0 Å². The van der Waals surface area contributed by atoms with Gasteiger partial charge in [-0.2, -0.15) is 0 Å². The molecular weight excluding hydrogens is 268 g/mol. The zero-order valence-corrected chi connectivity index (χ0v) is 13.7. The van der Waals surface area contributed by atoms with Crippen LogP contribution in [0.15, 0.2) is 66.8 Å². The Morgan fingerprint density at radius 3 is 2.18 bits per heavy atom. The maximum Gasteiger partial charge on any atom is 0.134 e. The fraction of sp³-hybridized carbons (Fsp3) is 0.238. The van der Waals surface area contributed by atoms with Gasteiger partial charge in [0.05, 0.1) is 7.11 Å². The quantitative estimate of drug-likeness (QED) is 0.662. The zero-order valence-electron chi connectivity index (χ0n) is 13.7. The van der Waals surface area contributed by atoms with E-state index < -0.39 is 0 Å². The van der Waals surface area contributed by atoms with Crippen LogP contribution in [0.5, 0.6) is 5.75 Å². The van der Waals surface area contributed by atoms with Crippen molar-refractivity contribution in [3.8, 4) is 16.9 Å². The van der Waals surface area contributed by atoms with Crippen LogP contribution in [0.25, 0.3) is 16.7 Å². The molecule has 0 heterocycles. The third-order valence-electron chi connectivity index (χ3n) is 3.61. The highest BCUT2D eigenvalue weighted by Crippen LogP contribution is 2.37. The summed E-state index contributed by atoms with van der Waals surface area (Å²) in [6.45, 7) is 4.00. The third kappa shape index (κ3) is 3.48. The highest BCUT2D eigenvalue weighted by atomic mass is 16.5. The first kappa shape index (κ1) is 16.1. The molecule has 0 spiro atoms. The molecule has 0 unspecified atom stereocenters. The molecule has 0 amide bonds. The fourth-order valence-corrected chi connectivity index (χ4v) is 2.64. The number of methoxy groups -OCH3 is 1. The Morgan fingerprint density at radius 2 is 1.55 bits per heavy atom. The maximum atomic E-state index is 5.71. The summed E-state index contributed by atoms with van der Waals surface area (Å²) < 4.78 is 5.71. The van der Waals surface area contributed by atoms with Crippen LogP contribution >= 0.6 is 0 Å². The Morgan fingerprint density at radius 1 is 0.818 bits per heavy atom. The number of hydrogen-bond donors (Lipinski definition) is 0. The molecule has 0 aromatic heterocycles. The van der Waals surface area contributed by atoms with Gasteiger partial charge in [0, 0.05) is 11.1 Å². The SMILES string of the molecule is CC.COc1c(C2=CCCC=C2)cccc1-c1ccccc1. The van der Waals surface area contributed by atoms with E-state index >= 15 is 0 Å². The molecule has 22 heavy (non-hydrogen) atoms. The molecule has 0 atom stereocenters. The van der Waals surface area contributed by atoms with Crippen molar-refractivity contribution in [1.29, 1.82) is 0 Å². The summed E-state index contributed by atoms with van der Waals surface area (Å²) in [6, 6.07) is 16.7. The van der Waals surface area contributed by atoms with Crippen LogP contribution in [0.2, 0.25) is 0 Å². The summed E-state index contributed by atoms with van der Waals surface area (Å²) in [6.07, 6.45) is 8.93. The summed E-state index contributed by atoms with van der Waals surface area (Å²) in [4.78, 5) is 0. The lowest BCUT2D eigenvalue weighted by molar-refractivity contribution is 0.415. The van der Waals surface area contributed by atoms with Crippen molar-refractivity contribution in [2.24, 2.45) is 0 Å². The summed E-state index contributed by atoms with van der Waals surface area (Å²) in [5.74, 6) is 0.955. The molecule has 1 nitrogen and oxygen atoms in total. The molecule has 2 aromatic rings. The molecule has 114 valence electrons. The number of rotatable bonds is 3. The van der Waals surface area contributed by atoms with Crippen molar-refractivity contribution in [1.82, 2.24) is 0 Å². The van der Waals surface area contributed by atoms with Crippen molar-refractivity contribution in [2.75, 3.05) is 7.11 Å². The molecule has 2 aromatic carbocycles. The molecule has 0 N–H and O–H groups in total. The number of para-hydroxylation sites is 1. The lowest BCUT2D eigenvalue weighted by Gasteiger charge is -2.16. The summed E-state index contributed by atoms with van der Waals surface area (Å²) >= 11 is 0. The van der Waals surface area contributed by atoms with E-state index in [1.54, 1.807) is 7.11 Å². The van der Waals surface area contributed by atoms with Gasteiger partial charge in [-0.05, 0) is 24.0 Å². The largest absolute Gasteiger partial charge is 0.495 e. The smallest absolute Gasteiger partial charge is 0.134 e. The minimum atomic E-state index is 0.955. The van der Waals surface area contributed by atoms with E-state index in [1.165, 1.54) is 16.7 Å². The second-order valence-electron chi connectivity index (χ2n) is 4.89. The van der Waals surface area contributed by atoms with Gasteiger partial charge < -0.3 is 4.74 Å². The number of allylic oxidation sites excluding steroid dienone is 4. The second kappa shape index (κ2) is 8.23. The van der Waals surface area contributed by atoms with Gasteiger partial charge in [0.2, 0.25) is 0 Å². The van der Waals surface area contributed by atoms with E-state index in [4.69, 9.17) is 4.74 Å². The zero-order chi connectivity index (χ0) is 15.8. The Hall–Kier alpha value is -2.28. The van der Waals surface area contributed by atoms with E-state index in [9.17, 15) is 0 Å². The molecule has 1 heteroatoms. The van der Waals surface area contributed by atoms with Gasteiger partial charge >= 0.3 is 0 Å². The van der Waals surface area contributed by atoms with E-state index in [0.717, 1.165) is 24.2 Å². The molecule has 0 bridgehead atoms. The average molecular weight is 292 g/mol. The average Bonchev–Trinajstić information content (AvgIpc) is 2.64. The molecule has 1 aliphatic rings. The fourth-order valence-electron chi connectivity index (χ4n) is 2.64. The van der Waals surface area contributed by atoms with Gasteiger partial charge in [0.25, 0.3) is 0 Å². The van der Waals surface area contributed by atoms with E-state index in [1.807, 2.05) is 19.9 Å². The Kier molecular flexibility index (Phi) is 6.02. The van der Waals surface area contributed by atoms with Crippen LogP contribution in [0.3, 0.4) is 0 Å². The Labute approximate surface area is 134 Å². The standard InChI is InChI=1S/C19H18O.C2H6/c1-20-19-17(15-9-4-2-5-10-15)13-8-14-18(19)16-11-6-3-7-12-16;1-2/h2,4-6,8-14H,3,7H2,1H3;1-2H3. The second-order valence-corrected chi connectivity index (χ2v) is 4.89. The number of benzene rings is 2. The maximum absolute atomic E-state index is 5.71. The minimum Gasteiger partial charge on any atom is -0.495 e. The van der Waals surface area contributed by atoms with Crippen molar-refractivity contribution < 1.29 is 4.74 Å². The topological polar surface area (TPSA) is 9.23 Å². The van der Waals surface area contributed by atoms with Crippen molar-refractivity contribution in [3.63, 3.8) is 0 Å². The van der Waals surface area contributed by atoms with Crippen LogP contribution in [-0.4, -0.2) is 7.11 Å². The lowest BCUT2D eigenvalue weighted by Crippen LogP contribution is -1.95. The van der Waals surface area contributed by atoms with Gasteiger partial charge in [-0.3, -0.25) is 0 Å². The van der Waals surface area contributed by atoms with Crippen molar-refractivity contribution >= 4 is 5.57 Å². The first-order valence-corrected chi connectivity index (χ1v) is 7.99. The predicted molar refractivity (Wildman–Crippen MR) is 96.1 cm³/mol. The van der Waals surface area contributed by atoms with E-state index in [0.29, 0.717) is 0 Å². The first-order valence-electron chi connectivity index (χ1n) is 7.99. The third-order valence-corrected chi connectivity index (χ3v) is 3.61. The monoisotopic (exact) mass is 292 g/mol. The molecule has 3 rings (SSSR count). The van der Waals surface area contributed by atoms with Gasteiger partial charge in [-0.15, -0.1) is 0 Å². The van der Waals surface area contributed by atoms with Crippen molar-refractivity contribution in [3.05, 3.63) is 72.3 Å². The molecule has 0 fully saturated rings. The number of hydrogen-bond acceptors (Lipinski definition) is 1. The highest BCUT2D eigenvalue weighted by Gasteiger charge is 2.13. The normalized spacial score (nSPS) is 13.0. The summed E-state index contributed by atoms with van der Waals surface area (Å²) in [5.41, 5.74) is 4.76. The molecule has 0 saturated heterocycles. The van der Waals surface area contributed by atoms with Crippen LogP contribution < -0.4 is 4.74 Å². The molecular formula is C21H24O. The lowest BCUT2D eigenvalue weighted by atomic mass is 9.94. The van der Waals surface area contributed by atoms with Crippen LogP contribution in [0.4, 0.5) is 0 Å². The van der Waals surface area contributed by atoms with E-state index in [2.05, 4.69) is 60.7 Å². The molecule has 0 saturated carbocycles. The predicted octanol–water partition coefficient (Wildman–Crippen LogP) is 6.12. The number of ether oxygens (including phenoxy) is 1. The van der Waals surface area contributed by atoms with Gasteiger partial charge in [0.15, 0.2) is 0 Å². The van der Waals surface area contributed by atoms with Crippen LogP contribution in [0.1, 0.15) is 32.3 Å². The van der Waals surface area contributed by atoms with Crippen molar-refractivity contribution in [2.45, 2.75) is 26.7 Å². The van der Waals surface area contributed by atoms with Gasteiger partial charge in [-0.1, -0.05) is 80.6 Å². The van der Waals surface area contributed by atoms with Crippen LogP contribution in [0, 0.1) is 0 Å². The van der Waals surface area contributed by atoms with Crippen LogP contribution in [-0.2, 0) is 0 Å². The molecule has 0 aliphatic heterocycles. The first-order chi connectivity index (χ1) is 10.9.